The van der Waals surface area contributed by atoms with Crippen LogP contribution < -0.4 is 5.73 Å². The SMILES string of the molecule is NCCC=Cc1cccc2c1oc1ccccc12. The second-order valence-electron chi connectivity index (χ2n) is 4.30. The number of fused-ring (bicyclic) bond motifs is 3. The van der Waals surface area contributed by atoms with E-state index in [0.29, 0.717) is 6.54 Å². The molecule has 0 aliphatic heterocycles. The van der Waals surface area contributed by atoms with Crippen molar-refractivity contribution in [1.29, 1.82) is 0 Å². The number of rotatable bonds is 3. The minimum atomic E-state index is 0.673. The fraction of sp³-hybridized carbons (Fsp3) is 0.125. The van der Waals surface area contributed by atoms with E-state index < -0.39 is 0 Å². The van der Waals surface area contributed by atoms with Crippen LogP contribution in [0.2, 0.25) is 0 Å². The molecule has 2 nitrogen and oxygen atoms in total. The van der Waals surface area contributed by atoms with E-state index in [-0.39, 0.29) is 0 Å². The first-order valence-corrected chi connectivity index (χ1v) is 6.17. The van der Waals surface area contributed by atoms with Crippen molar-refractivity contribution >= 4 is 28.0 Å². The predicted molar refractivity (Wildman–Crippen MR) is 76.4 cm³/mol. The van der Waals surface area contributed by atoms with Crippen molar-refractivity contribution in [3.8, 4) is 0 Å². The van der Waals surface area contributed by atoms with Gasteiger partial charge in [-0.05, 0) is 19.0 Å². The lowest BCUT2D eigenvalue weighted by atomic mass is 10.1. The Balaban J connectivity index is 2.21. The summed E-state index contributed by atoms with van der Waals surface area (Å²) in [5, 5.41) is 2.34. The Morgan fingerprint density at radius 2 is 1.83 bits per heavy atom. The Labute approximate surface area is 106 Å². The second kappa shape index (κ2) is 4.67. The molecule has 0 fully saturated rings. The molecule has 90 valence electrons. The van der Waals surface area contributed by atoms with Gasteiger partial charge in [-0.15, -0.1) is 0 Å². The Morgan fingerprint density at radius 1 is 1.00 bits per heavy atom. The highest BCUT2D eigenvalue weighted by Gasteiger charge is 2.07. The topological polar surface area (TPSA) is 39.2 Å². The highest BCUT2D eigenvalue weighted by Crippen LogP contribution is 2.31. The summed E-state index contributed by atoms with van der Waals surface area (Å²) in [6, 6.07) is 14.4. The van der Waals surface area contributed by atoms with Crippen molar-refractivity contribution in [3.63, 3.8) is 0 Å². The van der Waals surface area contributed by atoms with Crippen molar-refractivity contribution in [2.75, 3.05) is 6.54 Å². The van der Waals surface area contributed by atoms with E-state index in [1.54, 1.807) is 0 Å². The number of benzene rings is 2. The summed E-state index contributed by atoms with van der Waals surface area (Å²) >= 11 is 0. The van der Waals surface area contributed by atoms with Gasteiger partial charge in [0.05, 0.1) is 0 Å². The molecule has 0 atom stereocenters. The minimum Gasteiger partial charge on any atom is -0.455 e. The van der Waals surface area contributed by atoms with Gasteiger partial charge in [0.2, 0.25) is 0 Å². The van der Waals surface area contributed by atoms with Crippen LogP contribution in [0.3, 0.4) is 0 Å². The van der Waals surface area contributed by atoms with Gasteiger partial charge in [-0.2, -0.15) is 0 Å². The maximum Gasteiger partial charge on any atom is 0.142 e. The number of hydrogen-bond donors (Lipinski definition) is 1. The molecular formula is C16H15NO. The van der Waals surface area contributed by atoms with Gasteiger partial charge in [-0.3, -0.25) is 0 Å². The van der Waals surface area contributed by atoms with E-state index in [9.17, 15) is 0 Å². The molecular weight excluding hydrogens is 222 g/mol. The average Bonchev–Trinajstić information content (AvgIpc) is 2.79. The summed E-state index contributed by atoms with van der Waals surface area (Å²) in [7, 11) is 0. The van der Waals surface area contributed by atoms with E-state index in [4.69, 9.17) is 10.2 Å². The highest BCUT2D eigenvalue weighted by atomic mass is 16.3. The molecule has 0 bridgehead atoms. The third-order valence-corrected chi connectivity index (χ3v) is 3.07. The van der Waals surface area contributed by atoms with E-state index in [2.05, 4.69) is 36.4 Å². The average molecular weight is 237 g/mol. The molecule has 18 heavy (non-hydrogen) atoms. The van der Waals surface area contributed by atoms with Gasteiger partial charge in [0.25, 0.3) is 0 Å². The fourth-order valence-electron chi connectivity index (χ4n) is 2.21. The third-order valence-electron chi connectivity index (χ3n) is 3.07. The van der Waals surface area contributed by atoms with Crippen LogP contribution in [0.25, 0.3) is 28.0 Å². The van der Waals surface area contributed by atoms with Crippen LogP contribution in [-0.4, -0.2) is 6.54 Å². The van der Waals surface area contributed by atoms with Gasteiger partial charge in [0.1, 0.15) is 11.2 Å². The first kappa shape index (κ1) is 11.1. The summed E-state index contributed by atoms with van der Waals surface area (Å²) in [6.07, 6.45) is 5.05. The molecule has 2 N–H and O–H groups in total. The Kier molecular flexibility index (Phi) is 2.87. The fourth-order valence-corrected chi connectivity index (χ4v) is 2.21. The summed E-state index contributed by atoms with van der Waals surface area (Å²) in [5.74, 6) is 0. The second-order valence-corrected chi connectivity index (χ2v) is 4.30. The first-order chi connectivity index (χ1) is 8.90. The van der Waals surface area contributed by atoms with Crippen molar-refractivity contribution in [2.24, 2.45) is 5.73 Å². The molecule has 2 aromatic carbocycles. The molecule has 0 spiro atoms. The van der Waals surface area contributed by atoms with Gasteiger partial charge in [0.15, 0.2) is 0 Å². The zero-order valence-corrected chi connectivity index (χ0v) is 10.1. The molecule has 1 aromatic heterocycles. The molecule has 0 radical (unpaired) electrons. The minimum absolute atomic E-state index is 0.673. The van der Waals surface area contributed by atoms with Crippen LogP contribution in [0.15, 0.2) is 53.0 Å². The summed E-state index contributed by atoms with van der Waals surface area (Å²) in [5.41, 5.74) is 8.49. The van der Waals surface area contributed by atoms with Gasteiger partial charge in [-0.25, -0.2) is 0 Å². The Bertz CT molecular complexity index is 709. The quantitative estimate of drug-likeness (QED) is 0.749. The lowest BCUT2D eigenvalue weighted by Crippen LogP contribution is -1.94. The largest absolute Gasteiger partial charge is 0.455 e. The van der Waals surface area contributed by atoms with Crippen LogP contribution >= 0.6 is 0 Å². The first-order valence-electron chi connectivity index (χ1n) is 6.17. The smallest absolute Gasteiger partial charge is 0.142 e. The van der Waals surface area contributed by atoms with Crippen molar-refractivity contribution < 1.29 is 4.42 Å². The van der Waals surface area contributed by atoms with Crippen LogP contribution in [0.1, 0.15) is 12.0 Å². The molecule has 0 saturated carbocycles. The third kappa shape index (κ3) is 1.81. The predicted octanol–water partition coefficient (Wildman–Crippen LogP) is 3.95. The molecule has 0 amide bonds. The number of hydrogen-bond acceptors (Lipinski definition) is 2. The monoisotopic (exact) mass is 237 g/mol. The lowest BCUT2D eigenvalue weighted by Gasteiger charge is -1.95. The van der Waals surface area contributed by atoms with E-state index in [1.165, 1.54) is 10.8 Å². The highest BCUT2D eigenvalue weighted by molar-refractivity contribution is 6.07. The zero-order chi connectivity index (χ0) is 12.4. The number of furan rings is 1. The molecule has 1 heterocycles. The lowest BCUT2D eigenvalue weighted by molar-refractivity contribution is 0.668. The number of para-hydroxylation sites is 2. The Hall–Kier alpha value is -2.06. The van der Waals surface area contributed by atoms with Gasteiger partial charge in [-0.1, -0.05) is 48.6 Å². The molecule has 0 aliphatic carbocycles. The normalized spacial score (nSPS) is 11.8. The van der Waals surface area contributed by atoms with E-state index in [1.807, 2.05) is 18.2 Å². The molecule has 0 aliphatic rings. The molecule has 0 saturated heterocycles. The van der Waals surface area contributed by atoms with Crippen LogP contribution in [0.4, 0.5) is 0 Å². The maximum atomic E-state index is 5.93. The summed E-state index contributed by atoms with van der Waals surface area (Å²) < 4.78 is 5.93. The van der Waals surface area contributed by atoms with Crippen LogP contribution in [-0.2, 0) is 0 Å². The van der Waals surface area contributed by atoms with Crippen LogP contribution in [0, 0.1) is 0 Å². The van der Waals surface area contributed by atoms with E-state index >= 15 is 0 Å². The summed E-state index contributed by atoms with van der Waals surface area (Å²) in [4.78, 5) is 0. The molecule has 3 rings (SSSR count). The molecule has 0 unspecified atom stereocenters. The molecule has 2 heteroatoms. The van der Waals surface area contributed by atoms with Crippen LogP contribution in [0.5, 0.6) is 0 Å². The molecule has 3 aromatic rings. The van der Waals surface area contributed by atoms with Gasteiger partial charge >= 0.3 is 0 Å². The zero-order valence-electron chi connectivity index (χ0n) is 10.1. The number of nitrogens with two attached hydrogens (primary N) is 1. The maximum absolute atomic E-state index is 5.93. The van der Waals surface area contributed by atoms with Gasteiger partial charge in [0, 0.05) is 16.3 Å². The Morgan fingerprint density at radius 3 is 2.72 bits per heavy atom. The van der Waals surface area contributed by atoms with Crippen molar-refractivity contribution in [3.05, 3.63) is 54.1 Å². The summed E-state index contributed by atoms with van der Waals surface area (Å²) in [6.45, 7) is 0.673. The van der Waals surface area contributed by atoms with Crippen molar-refractivity contribution in [1.82, 2.24) is 0 Å². The van der Waals surface area contributed by atoms with Crippen molar-refractivity contribution in [2.45, 2.75) is 6.42 Å². The van der Waals surface area contributed by atoms with Gasteiger partial charge < -0.3 is 10.2 Å². The van der Waals surface area contributed by atoms with E-state index in [0.717, 1.165) is 23.2 Å². The standard InChI is InChI=1S/C16H15NO/c17-11-4-3-6-12-7-5-9-14-13-8-1-2-10-15(13)18-16(12)14/h1-3,5-10H,4,11,17H2.